The summed E-state index contributed by atoms with van der Waals surface area (Å²) < 4.78 is 26.7. The number of hydrogen-bond acceptors (Lipinski definition) is 3. The molecular formula is C12H16Cl2N2O2S. The lowest BCUT2D eigenvalue weighted by Crippen LogP contribution is -2.35. The van der Waals surface area contributed by atoms with Crippen molar-refractivity contribution in [3.05, 3.63) is 28.2 Å². The fraction of sp³-hybridized carbons (Fsp3) is 0.500. The Balaban J connectivity index is 2.03. The van der Waals surface area contributed by atoms with Gasteiger partial charge >= 0.3 is 0 Å². The van der Waals surface area contributed by atoms with Crippen molar-refractivity contribution in [2.75, 3.05) is 23.6 Å². The number of nitrogens with one attached hydrogen (secondary N) is 2. The van der Waals surface area contributed by atoms with E-state index >= 15 is 0 Å². The summed E-state index contributed by atoms with van der Waals surface area (Å²) in [7, 11) is -3.39. The van der Waals surface area contributed by atoms with E-state index in [0.717, 1.165) is 25.9 Å². The van der Waals surface area contributed by atoms with Crippen LogP contribution in [0.25, 0.3) is 0 Å². The van der Waals surface area contributed by atoms with Crippen molar-refractivity contribution >= 4 is 38.9 Å². The van der Waals surface area contributed by atoms with E-state index in [0.29, 0.717) is 15.7 Å². The SMILES string of the molecule is O=S(=O)(CC1CCCNC1)Nc1ccc(Cl)cc1Cl. The maximum Gasteiger partial charge on any atom is 0.233 e. The average molecular weight is 323 g/mol. The molecule has 1 heterocycles. The van der Waals surface area contributed by atoms with Crippen molar-refractivity contribution in [2.24, 2.45) is 5.92 Å². The molecule has 1 saturated heterocycles. The van der Waals surface area contributed by atoms with Crippen molar-refractivity contribution in [3.63, 3.8) is 0 Å². The summed E-state index contributed by atoms with van der Waals surface area (Å²) in [5.41, 5.74) is 0.370. The van der Waals surface area contributed by atoms with Crippen molar-refractivity contribution in [1.29, 1.82) is 0 Å². The largest absolute Gasteiger partial charge is 0.316 e. The number of rotatable bonds is 4. The second kappa shape index (κ2) is 6.31. The van der Waals surface area contributed by atoms with Gasteiger partial charge in [-0.15, -0.1) is 0 Å². The summed E-state index contributed by atoms with van der Waals surface area (Å²) in [6.07, 6.45) is 1.95. The molecule has 1 aliphatic rings. The molecule has 0 saturated carbocycles. The average Bonchev–Trinajstić information content (AvgIpc) is 2.33. The van der Waals surface area contributed by atoms with E-state index in [1.807, 2.05) is 0 Å². The highest BCUT2D eigenvalue weighted by molar-refractivity contribution is 7.92. The monoisotopic (exact) mass is 322 g/mol. The van der Waals surface area contributed by atoms with Crippen LogP contribution in [0.4, 0.5) is 5.69 Å². The Morgan fingerprint density at radius 1 is 1.37 bits per heavy atom. The summed E-state index contributed by atoms with van der Waals surface area (Å²) in [6, 6.07) is 4.69. The molecule has 4 nitrogen and oxygen atoms in total. The smallest absolute Gasteiger partial charge is 0.233 e. The van der Waals surface area contributed by atoms with Gasteiger partial charge in [-0.3, -0.25) is 4.72 Å². The Hall–Kier alpha value is -0.490. The molecule has 0 amide bonds. The van der Waals surface area contributed by atoms with Crippen molar-refractivity contribution in [3.8, 4) is 0 Å². The fourth-order valence-corrected chi connectivity index (χ4v) is 4.17. The van der Waals surface area contributed by atoms with E-state index in [1.165, 1.54) is 6.07 Å². The quantitative estimate of drug-likeness (QED) is 0.896. The lowest BCUT2D eigenvalue weighted by atomic mass is 10.0. The van der Waals surface area contributed by atoms with Gasteiger partial charge in [-0.1, -0.05) is 23.2 Å². The Kier molecular flexibility index (Phi) is 4.95. The Bertz CT molecular complexity index is 543. The van der Waals surface area contributed by atoms with Gasteiger partial charge in [0.25, 0.3) is 0 Å². The minimum atomic E-state index is -3.39. The minimum absolute atomic E-state index is 0.110. The molecule has 2 rings (SSSR count). The highest BCUT2D eigenvalue weighted by atomic mass is 35.5. The molecule has 0 spiro atoms. The minimum Gasteiger partial charge on any atom is -0.316 e. The second-order valence-corrected chi connectivity index (χ2v) is 7.33. The summed E-state index contributed by atoms with van der Waals surface area (Å²) >= 11 is 11.7. The predicted octanol–water partition coefficient (Wildman–Crippen LogP) is 2.73. The van der Waals surface area contributed by atoms with E-state index in [4.69, 9.17) is 23.2 Å². The van der Waals surface area contributed by atoms with Crippen LogP contribution >= 0.6 is 23.2 Å². The fourth-order valence-electron chi connectivity index (χ4n) is 2.16. The van der Waals surface area contributed by atoms with E-state index in [2.05, 4.69) is 10.0 Å². The number of sulfonamides is 1. The van der Waals surface area contributed by atoms with Gasteiger partial charge in [-0.25, -0.2) is 8.42 Å². The third-order valence-corrected chi connectivity index (χ3v) is 5.04. The van der Waals surface area contributed by atoms with Gasteiger partial charge in [0, 0.05) is 5.02 Å². The van der Waals surface area contributed by atoms with Gasteiger partial charge in [-0.05, 0) is 50.0 Å². The molecule has 1 fully saturated rings. The normalized spacial score (nSPS) is 20.2. The van der Waals surface area contributed by atoms with Crippen LogP contribution in [-0.4, -0.2) is 27.3 Å². The molecule has 19 heavy (non-hydrogen) atoms. The molecule has 0 radical (unpaired) electrons. The van der Waals surface area contributed by atoms with Crippen LogP contribution in [0.2, 0.25) is 10.0 Å². The zero-order chi connectivity index (χ0) is 13.9. The molecule has 0 bridgehead atoms. The zero-order valence-electron chi connectivity index (χ0n) is 10.3. The number of benzene rings is 1. The molecular weight excluding hydrogens is 307 g/mol. The van der Waals surface area contributed by atoms with Crippen LogP contribution in [0.5, 0.6) is 0 Å². The van der Waals surface area contributed by atoms with E-state index in [-0.39, 0.29) is 11.7 Å². The molecule has 0 aliphatic carbocycles. The van der Waals surface area contributed by atoms with Gasteiger partial charge in [0.2, 0.25) is 10.0 Å². The van der Waals surface area contributed by atoms with Gasteiger partial charge in [-0.2, -0.15) is 0 Å². The van der Waals surface area contributed by atoms with Gasteiger partial charge < -0.3 is 5.32 Å². The first-order valence-electron chi connectivity index (χ1n) is 6.12. The van der Waals surface area contributed by atoms with Gasteiger partial charge in [0.15, 0.2) is 0 Å². The first-order valence-corrected chi connectivity index (χ1v) is 8.53. The number of halogens is 2. The molecule has 0 aromatic heterocycles. The van der Waals surface area contributed by atoms with Crippen LogP contribution in [0, 0.1) is 5.92 Å². The maximum absolute atomic E-state index is 12.1. The van der Waals surface area contributed by atoms with Crippen LogP contribution in [-0.2, 0) is 10.0 Å². The Labute approximate surface area is 123 Å². The standard InChI is InChI=1S/C12H16Cl2N2O2S/c13-10-3-4-12(11(14)6-10)16-19(17,18)8-9-2-1-5-15-7-9/h3-4,6,9,15-16H,1-2,5,7-8H2. The molecule has 106 valence electrons. The molecule has 1 aromatic rings. The van der Waals surface area contributed by atoms with Crippen LogP contribution < -0.4 is 10.0 Å². The summed E-state index contributed by atoms with van der Waals surface area (Å²) in [5.74, 6) is 0.260. The number of anilines is 1. The van der Waals surface area contributed by atoms with Crippen LogP contribution in [0.1, 0.15) is 12.8 Å². The highest BCUT2D eigenvalue weighted by Crippen LogP contribution is 2.26. The summed E-state index contributed by atoms with van der Waals surface area (Å²) in [4.78, 5) is 0. The van der Waals surface area contributed by atoms with Crippen molar-refractivity contribution in [1.82, 2.24) is 5.32 Å². The highest BCUT2D eigenvalue weighted by Gasteiger charge is 2.21. The molecule has 1 unspecified atom stereocenters. The zero-order valence-corrected chi connectivity index (χ0v) is 12.7. The van der Waals surface area contributed by atoms with Crippen LogP contribution in [0.3, 0.4) is 0 Å². The first kappa shape index (κ1) is 14.9. The van der Waals surface area contributed by atoms with E-state index in [1.54, 1.807) is 12.1 Å². The van der Waals surface area contributed by atoms with Gasteiger partial charge in [0.1, 0.15) is 0 Å². The Morgan fingerprint density at radius 2 is 2.16 bits per heavy atom. The molecule has 1 aromatic carbocycles. The van der Waals surface area contributed by atoms with E-state index < -0.39 is 10.0 Å². The lowest BCUT2D eigenvalue weighted by Gasteiger charge is -2.22. The maximum atomic E-state index is 12.1. The molecule has 1 atom stereocenters. The van der Waals surface area contributed by atoms with Gasteiger partial charge in [0.05, 0.1) is 16.5 Å². The molecule has 2 N–H and O–H groups in total. The third-order valence-electron chi connectivity index (χ3n) is 3.05. The number of hydrogen-bond donors (Lipinski definition) is 2. The summed E-state index contributed by atoms with van der Waals surface area (Å²) in [5, 5.41) is 3.98. The predicted molar refractivity (Wildman–Crippen MR) is 79.5 cm³/mol. The summed E-state index contributed by atoms with van der Waals surface area (Å²) in [6.45, 7) is 1.71. The van der Waals surface area contributed by atoms with Crippen molar-refractivity contribution in [2.45, 2.75) is 12.8 Å². The molecule has 1 aliphatic heterocycles. The second-order valence-electron chi connectivity index (χ2n) is 4.72. The van der Waals surface area contributed by atoms with Crippen LogP contribution in [0.15, 0.2) is 18.2 Å². The first-order chi connectivity index (χ1) is 8.96. The van der Waals surface area contributed by atoms with Crippen molar-refractivity contribution < 1.29 is 8.42 Å². The Morgan fingerprint density at radius 3 is 2.79 bits per heavy atom. The lowest BCUT2D eigenvalue weighted by molar-refractivity contribution is 0.404. The van der Waals surface area contributed by atoms with E-state index in [9.17, 15) is 8.42 Å². The third kappa shape index (κ3) is 4.53. The topological polar surface area (TPSA) is 58.2 Å². The molecule has 7 heteroatoms. The number of piperidine rings is 1.